The largest absolute Gasteiger partial charge is 0.378 e. The minimum absolute atomic E-state index is 0.378. The zero-order valence-electron chi connectivity index (χ0n) is 9.52. The maximum absolute atomic E-state index is 10.4. The first-order valence-electron chi connectivity index (χ1n) is 5.12. The van der Waals surface area contributed by atoms with Crippen LogP contribution in [0.1, 0.15) is 5.56 Å². The minimum atomic E-state index is -2.47. The van der Waals surface area contributed by atoms with Crippen LogP contribution in [0.3, 0.4) is 0 Å². The summed E-state index contributed by atoms with van der Waals surface area (Å²) >= 11 is -1.25. The normalized spacial score (nSPS) is 20.1. The van der Waals surface area contributed by atoms with E-state index in [0.717, 1.165) is 5.56 Å². The van der Waals surface area contributed by atoms with Gasteiger partial charge in [-0.25, -0.2) is 0 Å². The van der Waals surface area contributed by atoms with Gasteiger partial charge in [0.15, 0.2) is 0 Å². The third-order valence-corrected chi connectivity index (χ3v) is 3.26. The number of oxime groups is 1. The van der Waals surface area contributed by atoms with Crippen LogP contribution in [0.2, 0.25) is 0 Å². The molecular formula is C12H8N2O3S2. The lowest BCUT2D eigenvalue weighted by Crippen LogP contribution is -1.98. The quantitative estimate of drug-likeness (QED) is 0.526. The molecule has 0 saturated heterocycles. The van der Waals surface area contributed by atoms with Gasteiger partial charge in [0, 0.05) is 5.57 Å². The van der Waals surface area contributed by atoms with Crippen LogP contribution in [0.15, 0.2) is 52.5 Å². The third kappa shape index (κ3) is 3.32. The zero-order valence-corrected chi connectivity index (χ0v) is 11.1. The monoisotopic (exact) mass is 292 g/mol. The number of nitrogens with zero attached hydrogens (tertiary/aromatic N) is 2. The van der Waals surface area contributed by atoms with Crippen molar-refractivity contribution >= 4 is 33.7 Å². The highest BCUT2D eigenvalue weighted by atomic mass is 32.2. The first-order chi connectivity index (χ1) is 9.22. The van der Waals surface area contributed by atoms with Gasteiger partial charge in [-0.15, -0.1) is 0 Å². The second-order valence-corrected chi connectivity index (χ2v) is 4.85. The smallest absolute Gasteiger partial charge is 0.273 e. The van der Waals surface area contributed by atoms with Crippen LogP contribution in [-0.2, 0) is 15.6 Å². The molecule has 1 aromatic rings. The number of rotatable bonds is 3. The summed E-state index contributed by atoms with van der Waals surface area (Å²) in [6.07, 6.45) is 1.72. The van der Waals surface area contributed by atoms with Gasteiger partial charge in [0.25, 0.3) is 0 Å². The lowest BCUT2D eigenvalue weighted by molar-refractivity contribution is 0.327. The highest BCUT2D eigenvalue weighted by Gasteiger charge is 2.18. The first kappa shape index (κ1) is 13.5. The van der Waals surface area contributed by atoms with Gasteiger partial charge in [-0.2, -0.15) is 9.47 Å². The molecule has 2 rings (SSSR count). The average molecular weight is 292 g/mol. The Hall–Kier alpha value is -1.88. The summed E-state index contributed by atoms with van der Waals surface area (Å²) in [6, 6.07) is 11.3. The van der Waals surface area contributed by atoms with Gasteiger partial charge in [0.05, 0.1) is 5.57 Å². The molecule has 0 aliphatic carbocycles. The topological polar surface area (TPSA) is 82.7 Å². The van der Waals surface area contributed by atoms with Crippen molar-refractivity contribution in [2.75, 3.05) is 0 Å². The lowest BCUT2D eigenvalue weighted by atomic mass is 10.0. The van der Waals surface area contributed by atoms with Crippen molar-refractivity contribution in [3.05, 3.63) is 53.0 Å². The van der Waals surface area contributed by atoms with Gasteiger partial charge in [0.1, 0.15) is 11.1 Å². The van der Waals surface area contributed by atoms with E-state index in [1.165, 1.54) is 11.8 Å². The summed E-state index contributed by atoms with van der Waals surface area (Å²) in [7, 11) is 0. The Balaban J connectivity index is 2.43. The van der Waals surface area contributed by atoms with Crippen molar-refractivity contribution in [2.24, 2.45) is 5.16 Å². The van der Waals surface area contributed by atoms with E-state index in [0.29, 0.717) is 16.2 Å². The van der Waals surface area contributed by atoms with Gasteiger partial charge < -0.3 is 0 Å². The molecule has 0 amide bonds. The van der Waals surface area contributed by atoms with Crippen LogP contribution in [0.4, 0.5) is 0 Å². The van der Waals surface area contributed by atoms with Crippen LogP contribution >= 0.6 is 11.8 Å². The predicted octanol–water partition coefficient (Wildman–Crippen LogP) is 2.69. The molecule has 0 saturated carbocycles. The van der Waals surface area contributed by atoms with Crippen LogP contribution in [0, 0.1) is 11.3 Å². The van der Waals surface area contributed by atoms with Crippen molar-refractivity contribution in [3.63, 3.8) is 0 Å². The molecule has 0 aromatic heterocycles. The Morgan fingerprint density at radius 1 is 1.42 bits per heavy atom. The van der Waals surface area contributed by atoms with Gasteiger partial charge in [-0.3, -0.25) is 8.84 Å². The molecule has 0 spiro atoms. The highest BCUT2D eigenvalue weighted by molar-refractivity contribution is 8.17. The van der Waals surface area contributed by atoms with Crippen LogP contribution in [0.5, 0.6) is 0 Å². The molecule has 1 aromatic carbocycles. The number of allylic oxidation sites excluding steroid dienone is 2. The summed E-state index contributed by atoms with van der Waals surface area (Å²) in [6.45, 7) is 0. The van der Waals surface area contributed by atoms with Gasteiger partial charge >= 0.3 is 11.4 Å². The predicted molar refractivity (Wildman–Crippen MR) is 75.0 cm³/mol. The standard InChI is InChI=1S/C12H8N2O3S2/c13-8-11(9-4-2-1-3-5-9)10-6-7-18-12(10)14-17-19(15)16/h1-7H,(H,15,16)/b11-10+,14-12-. The van der Waals surface area contributed by atoms with Gasteiger partial charge in [0.2, 0.25) is 0 Å². The van der Waals surface area contributed by atoms with Crippen molar-refractivity contribution in [2.45, 2.75) is 0 Å². The molecule has 1 N–H and O–H groups in total. The van der Waals surface area contributed by atoms with Crippen molar-refractivity contribution in [1.82, 2.24) is 0 Å². The van der Waals surface area contributed by atoms with E-state index in [2.05, 4.69) is 15.5 Å². The molecule has 1 heterocycles. The third-order valence-electron chi connectivity index (χ3n) is 2.27. The summed E-state index contributed by atoms with van der Waals surface area (Å²) in [5, 5.41) is 14.9. The van der Waals surface area contributed by atoms with Crippen molar-refractivity contribution < 1.29 is 13.0 Å². The Morgan fingerprint density at radius 2 is 2.16 bits per heavy atom. The van der Waals surface area contributed by atoms with E-state index < -0.39 is 11.4 Å². The van der Waals surface area contributed by atoms with E-state index >= 15 is 0 Å². The molecule has 0 bridgehead atoms. The molecular weight excluding hydrogens is 284 g/mol. The second-order valence-electron chi connectivity index (χ2n) is 3.38. The van der Waals surface area contributed by atoms with Gasteiger partial charge in [-0.1, -0.05) is 47.2 Å². The summed E-state index contributed by atoms with van der Waals surface area (Å²) in [5.41, 5.74) is 1.77. The highest BCUT2D eigenvalue weighted by Crippen LogP contribution is 2.30. The summed E-state index contributed by atoms with van der Waals surface area (Å²) in [5.74, 6) is 0. The molecule has 96 valence electrons. The molecule has 7 heteroatoms. The molecule has 1 aliphatic rings. The molecule has 0 fully saturated rings. The fourth-order valence-electron chi connectivity index (χ4n) is 1.51. The minimum Gasteiger partial charge on any atom is -0.273 e. The Labute approximate surface area is 116 Å². The Morgan fingerprint density at radius 3 is 2.79 bits per heavy atom. The van der Waals surface area contributed by atoms with Crippen LogP contribution < -0.4 is 0 Å². The van der Waals surface area contributed by atoms with E-state index in [1.807, 2.05) is 30.3 Å². The molecule has 19 heavy (non-hydrogen) atoms. The van der Waals surface area contributed by atoms with Crippen molar-refractivity contribution in [1.29, 1.82) is 5.26 Å². The Bertz CT molecular complexity index is 630. The second kappa shape index (κ2) is 6.33. The van der Waals surface area contributed by atoms with Crippen LogP contribution in [0.25, 0.3) is 5.57 Å². The molecule has 1 unspecified atom stereocenters. The average Bonchev–Trinajstić information content (AvgIpc) is 2.87. The van der Waals surface area contributed by atoms with E-state index in [4.69, 9.17) is 4.55 Å². The Kier molecular flexibility index (Phi) is 4.52. The zero-order chi connectivity index (χ0) is 13.7. The number of benzene rings is 1. The van der Waals surface area contributed by atoms with Crippen LogP contribution in [-0.4, -0.2) is 13.8 Å². The van der Waals surface area contributed by atoms with Gasteiger partial charge in [-0.05, 0) is 17.0 Å². The fourth-order valence-corrected chi connectivity index (χ4v) is 2.41. The lowest BCUT2D eigenvalue weighted by Gasteiger charge is -2.03. The number of hydrogen-bond donors (Lipinski definition) is 1. The first-order valence-corrected chi connectivity index (χ1v) is 7.03. The molecule has 0 radical (unpaired) electrons. The van der Waals surface area contributed by atoms with E-state index in [-0.39, 0.29) is 0 Å². The maximum atomic E-state index is 10.4. The molecule has 1 aliphatic heterocycles. The number of nitriles is 1. The molecule has 1 atom stereocenters. The summed E-state index contributed by atoms with van der Waals surface area (Å²) < 4.78 is 23.3. The molecule has 5 nitrogen and oxygen atoms in total. The SMILES string of the molecule is N#C/C(=C1/C=CS/C1=N\OS(=O)O)c1ccccc1. The maximum Gasteiger partial charge on any atom is 0.378 e. The van der Waals surface area contributed by atoms with Crippen molar-refractivity contribution in [3.8, 4) is 6.07 Å². The van der Waals surface area contributed by atoms with E-state index in [9.17, 15) is 9.47 Å². The summed E-state index contributed by atoms with van der Waals surface area (Å²) in [4.78, 5) is 0. The number of hydrogen-bond acceptors (Lipinski definition) is 5. The van der Waals surface area contributed by atoms with E-state index in [1.54, 1.807) is 11.5 Å². The fraction of sp³-hybridized carbons (Fsp3) is 0. The number of thioether (sulfide) groups is 1.